The highest BCUT2D eigenvalue weighted by Gasteiger charge is 2.20. The van der Waals surface area contributed by atoms with Crippen molar-refractivity contribution in [2.24, 2.45) is 19.1 Å². The number of imidazole rings is 1. The van der Waals surface area contributed by atoms with E-state index in [9.17, 15) is 29.6 Å². The van der Waals surface area contributed by atoms with Crippen molar-refractivity contribution in [3.8, 4) is 11.6 Å². The molecular weight excluding hydrogens is 432 g/mol. The van der Waals surface area contributed by atoms with Crippen molar-refractivity contribution in [1.82, 2.24) is 18.7 Å². The number of aliphatic imine (C=N–C) groups is 1. The molecule has 12 heteroatoms. The number of benzene rings is 2. The first-order valence-electron chi connectivity index (χ1n) is 9.63. The lowest BCUT2D eigenvalue weighted by Crippen LogP contribution is -2.31. The van der Waals surface area contributed by atoms with E-state index < -0.39 is 27.7 Å². The number of nitro groups is 1. The summed E-state index contributed by atoms with van der Waals surface area (Å²) in [6.07, 6.45) is 0.938. The Hall–Kier alpha value is -4.74. The Labute approximate surface area is 184 Å². The summed E-state index contributed by atoms with van der Waals surface area (Å²) >= 11 is 0. The molecule has 4 aromatic rings. The van der Waals surface area contributed by atoms with Crippen molar-refractivity contribution >= 4 is 28.6 Å². The number of aromatic amines is 1. The second-order valence-electron chi connectivity index (χ2n) is 7.41. The molecular formula is C21H18N6O6. The molecule has 168 valence electrons. The molecule has 2 heterocycles. The van der Waals surface area contributed by atoms with Crippen LogP contribution in [0.1, 0.15) is 11.1 Å². The zero-order chi connectivity index (χ0) is 24.0. The fraction of sp³-hybridized carbons (Fsp3) is 0.143. The summed E-state index contributed by atoms with van der Waals surface area (Å²) in [4.78, 5) is 53.9. The van der Waals surface area contributed by atoms with E-state index in [1.54, 1.807) is 24.3 Å². The van der Waals surface area contributed by atoms with Gasteiger partial charge in [0.15, 0.2) is 0 Å². The number of aromatic hydroxyl groups is 1. The maximum absolute atomic E-state index is 12.4. The maximum atomic E-state index is 12.4. The van der Waals surface area contributed by atoms with Crippen LogP contribution in [0, 0.1) is 17.0 Å². The molecule has 0 unspecified atom stereocenters. The average Bonchev–Trinajstić information content (AvgIpc) is 2.97. The Bertz CT molecular complexity index is 1640. The number of aromatic nitrogens is 4. The van der Waals surface area contributed by atoms with Crippen LogP contribution in [0.5, 0.6) is 5.88 Å². The van der Waals surface area contributed by atoms with Crippen LogP contribution in [0.3, 0.4) is 0 Å². The molecule has 0 saturated carbocycles. The molecule has 2 aromatic heterocycles. The summed E-state index contributed by atoms with van der Waals surface area (Å²) in [6.45, 7) is 1.85. The van der Waals surface area contributed by atoms with Crippen molar-refractivity contribution in [2.75, 3.05) is 0 Å². The summed E-state index contributed by atoms with van der Waals surface area (Å²) < 4.78 is 3.46. The summed E-state index contributed by atoms with van der Waals surface area (Å²) in [7, 11) is 3.00. The van der Waals surface area contributed by atoms with Crippen LogP contribution in [0.25, 0.3) is 16.7 Å². The predicted octanol–water partition coefficient (Wildman–Crippen LogP) is 1.39. The second-order valence-corrected chi connectivity index (χ2v) is 7.41. The lowest BCUT2D eigenvalue weighted by molar-refractivity contribution is -0.383. The summed E-state index contributed by atoms with van der Waals surface area (Å²) in [5, 5.41) is 22.3. The number of H-pyrrole nitrogens is 1. The lowest BCUT2D eigenvalue weighted by atomic mass is 10.2. The van der Waals surface area contributed by atoms with E-state index in [0.29, 0.717) is 16.7 Å². The number of hydrogen-bond acceptors (Lipinski definition) is 7. The summed E-state index contributed by atoms with van der Waals surface area (Å²) in [5.41, 5.74) is -1.10. The number of nitrogens with one attached hydrogen (secondary N) is 1. The van der Waals surface area contributed by atoms with Gasteiger partial charge in [0.2, 0.25) is 5.88 Å². The van der Waals surface area contributed by atoms with Crippen LogP contribution in [0.15, 0.2) is 55.8 Å². The minimum Gasteiger partial charge on any atom is -0.493 e. The van der Waals surface area contributed by atoms with Crippen molar-refractivity contribution in [3.05, 3.63) is 89.0 Å². The zero-order valence-corrected chi connectivity index (χ0v) is 17.8. The van der Waals surface area contributed by atoms with Crippen LogP contribution < -0.4 is 16.9 Å². The summed E-state index contributed by atoms with van der Waals surface area (Å²) in [6, 6.07) is 9.17. The van der Waals surface area contributed by atoms with Gasteiger partial charge in [-0.05, 0) is 25.1 Å². The third-order valence-corrected chi connectivity index (χ3v) is 5.31. The number of nitro benzene ring substituents is 1. The number of fused-ring (bicyclic) bond motifs is 1. The van der Waals surface area contributed by atoms with Crippen LogP contribution in [0.2, 0.25) is 0 Å². The van der Waals surface area contributed by atoms with Crippen molar-refractivity contribution in [3.63, 3.8) is 0 Å². The fourth-order valence-electron chi connectivity index (χ4n) is 3.50. The maximum Gasteiger partial charge on any atom is 0.335 e. The third kappa shape index (κ3) is 3.52. The molecule has 0 aliphatic carbocycles. The van der Waals surface area contributed by atoms with Crippen molar-refractivity contribution < 1.29 is 10.0 Å². The van der Waals surface area contributed by atoms with Gasteiger partial charge in [-0.3, -0.25) is 29.0 Å². The van der Waals surface area contributed by atoms with Gasteiger partial charge >= 0.3 is 11.4 Å². The van der Waals surface area contributed by atoms with E-state index in [2.05, 4.69) is 9.98 Å². The molecule has 0 fully saturated rings. The molecule has 0 amide bonds. The summed E-state index contributed by atoms with van der Waals surface area (Å²) in [5.74, 6) is -0.674. The Morgan fingerprint density at radius 3 is 2.27 bits per heavy atom. The molecule has 0 bridgehead atoms. The van der Waals surface area contributed by atoms with Gasteiger partial charge in [-0.15, -0.1) is 0 Å². The molecule has 33 heavy (non-hydrogen) atoms. The van der Waals surface area contributed by atoms with E-state index in [0.717, 1.165) is 16.3 Å². The molecule has 0 aliphatic heterocycles. The van der Waals surface area contributed by atoms with Gasteiger partial charge in [-0.1, -0.05) is 17.7 Å². The second kappa shape index (κ2) is 7.75. The SMILES string of the molecule is Cc1ccc(-n2c(O)c(C=Nc3cc4c(cc3[N+](=O)[O-])n(C)c(=O)n4C)c(=O)[nH]c2=O)cc1. The molecule has 2 aromatic carbocycles. The highest BCUT2D eigenvalue weighted by Crippen LogP contribution is 2.32. The van der Waals surface area contributed by atoms with E-state index >= 15 is 0 Å². The zero-order valence-electron chi connectivity index (χ0n) is 17.8. The average molecular weight is 450 g/mol. The van der Waals surface area contributed by atoms with Gasteiger partial charge in [0.25, 0.3) is 11.2 Å². The Balaban J connectivity index is 1.91. The van der Waals surface area contributed by atoms with E-state index in [4.69, 9.17) is 0 Å². The lowest BCUT2D eigenvalue weighted by Gasteiger charge is -2.09. The van der Waals surface area contributed by atoms with Gasteiger partial charge < -0.3 is 5.11 Å². The molecule has 12 nitrogen and oxygen atoms in total. The van der Waals surface area contributed by atoms with E-state index in [-0.39, 0.29) is 16.9 Å². The van der Waals surface area contributed by atoms with Crippen LogP contribution in [-0.4, -0.2) is 34.9 Å². The number of rotatable bonds is 4. The molecule has 0 radical (unpaired) electrons. The van der Waals surface area contributed by atoms with Crippen LogP contribution in [-0.2, 0) is 14.1 Å². The first-order valence-corrected chi connectivity index (χ1v) is 9.63. The standard InChI is InChI=1S/C21H18N6O6/c1-11-4-6-12(7-5-11)26-19(29)13(18(28)23-20(26)30)10-22-14-8-16-17(9-15(14)27(32)33)25(3)21(31)24(16)2/h4-10,29H,1-3H3,(H,23,28,30). The quantitative estimate of drug-likeness (QED) is 0.272. The highest BCUT2D eigenvalue weighted by atomic mass is 16.6. The topological polar surface area (TPSA) is 158 Å². The van der Waals surface area contributed by atoms with Gasteiger partial charge in [-0.25, -0.2) is 19.1 Å². The van der Waals surface area contributed by atoms with E-state index in [1.165, 1.54) is 35.4 Å². The van der Waals surface area contributed by atoms with E-state index in [1.807, 2.05) is 6.92 Å². The third-order valence-electron chi connectivity index (χ3n) is 5.31. The van der Waals surface area contributed by atoms with Crippen molar-refractivity contribution in [2.45, 2.75) is 6.92 Å². The normalized spacial score (nSPS) is 11.5. The van der Waals surface area contributed by atoms with Gasteiger partial charge in [0.1, 0.15) is 11.3 Å². The monoisotopic (exact) mass is 450 g/mol. The number of nitrogens with zero attached hydrogens (tertiary/aromatic N) is 5. The Kier molecular flexibility index (Phi) is 5.04. The smallest absolute Gasteiger partial charge is 0.335 e. The number of hydrogen-bond donors (Lipinski definition) is 2. The molecule has 0 spiro atoms. The Morgan fingerprint density at radius 1 is 1.06 bits per heavy atom. The largest absolute Gasteiger partial charge is 0.493 e. The first kappa shape index (κ1) is 21.5. The fourth-order valence-corrected chi connectivity index (χ4v) is 3.50. The molecule has 2 N–H and O–H groups in total. The molecule has 4 rings (SSSR count). The van der Waals surface area contributed by atoms with Crippen LogP contribution >= 0.6 is 0 Å². The van der Waals surface area contributed by atoms with Crippen molar-refractivity contribution in [1.29, 1.82) is 0 Å². The molecule has 0 saturated heterocycles. The number of aryl methyl sites for hydroxylation is 3. The van der Waals surface area contributed by atoms with Gasteiger partial charge in [-0.2, -0.15) is 0 Å². The first-order chi connectivity index (χ1) is 15.6. The molecule has 0 aliphatic rings. The Morgan fingerprint density at radius 2 is 1.67 bits per heavy atom. The predicted molar refractivity (Wildman–Crippen MR) is 121 cm³/mol. The van der Waals surface area contributed by atoms with Gasteiger partial charge in [0, 0.05) is 26.4 Å². The minimum absolute atomic E-state index is 0.138. The molecule has 0 atom stereocenters. The minimum atomic E-state index is -0.916. The van der Waals surface area contributed by atoms with Crippen LogP contribution in [0.4, 0.5) is 11.4 Å². The van der Waals surface area contributed by atoms with Gasteiger partial charge in [0.05, 0.1) is 21.6 Å². The highest BCUT2D eigenvalue weighted by molar-refractivity contribution is 5.89.